The Hall–Kier alpha value is -3.33. The van der Waals surface area contributed by atoms with E-state index < -0.39 is 0 Å². The molecule has 0 unspecified atom stereocenters. The molecular formula is C23H24FN5O2S. The third-order valence-corrected chi connectivity index (χ3v) is 5.93. The smallest absolute Gasteiger partial charge is 0.242 e. The predicted octanol–water partition coefficient (Wildman–Crippen LogP) is 2.97. The first kappa shape index (κ1) is 21.9. The number of hydrogen-bond acceptors (Lipinski definition) is 4. The highest BCUT2D eigenvalue weighted by Gasteiger charge is 2.25. The number of rotatable bonds is 5. The predicted molar refractivity (Wildman–Crippen MR) is 121 cm³/mol. The van der Waals surface area contributed by atoms with Gasteiger partial charge < -0.3 is 9.80 Å². The highest BCUT2D eigenvalue weighted by atomic mass is 32.1. The molecule has 2 heterocycles. The lowest BCUT2D eigenvalue weighted by Crippen LogP contribution is -2.51. The quantitative estimate of drug-likeness (QED) is 0.603. The maximum atomic E-state index is 13.0. The van der Waals surface area contributed by atoms with Gasteiger partial charge in [0.25, 0.3) is 0 Å². The summed E-state index contributed by atoms with van der Waals surface area (Å²) in [4.78, 5) is 29.0. The number of carbonyl (C=O) groups excluding carboxylic acids is 2. The molecule has 1 fully saturated rings. The van der Waals surface area contributed by atoms with E-state index >= 15 is 0 Å². The number of hydrogen-bond donors (Lipinski definition) is 1. The van der Waals surface area contributed by atoms with Gasteiger partial charge in [-0.15, -0.1) is 0 Å². The fraction of sp³-hybridized carbons (Fsp3) is 0.304. The fourth-order valence-corrected chi connectivity index (χ4v) is 3.91. The van der Waals surface area contributed by atoms with Crippen molar-refractivity contribution in [3.63, 3.8) is 0 Å². The van der Waals surface area contributed by atoms with Crippen LogP contribution in [0.1, 0.15) is 11.1 Å². The molecular weight excluding hydrogens is 429 g/mol. The molecule has 0 bridgehead atoms. The standard InChI is InChI=1S/C23H24FN5O2S/c1-16-2-6-18(7-3-16)22-25-26-23(32)29(22)15-21(31)28-12-10-27(11-13-28)20(30)14-17-4-8-19(24)9-5-17/h2-9H,10-15H2,1H3,(H,26,32). The summed E-state index contributed by atoms with van der Waals surface area (Å²) >= 11 is 5.34. The Kier molecular flexibility index (Phi) is 6.45. The maximum Gasteiger partial charge on any atom is 0.242 e. The van der Waals surface area contributed by atoms with Crippen molar-refractivity contribution in [2.75, 3.05) is 26.2 Å². The van der Waals surface area contributed by atoms with Crippen LogP contribution in [0.4, 0.5) is 4.39 Å². The van der Waals surface area contributed by atoms with Gasteiger partial charge in [0.15, 0.2) is 10.6 Å². The minimum Gasteiger partial charge on any atom is -0.339 e. The van der Waals surface area contributed by atoms with Crippen LogP contribution in [0.5, 0.6) is 0 Å². The van der Waals surface area contributed by atoms with Crippen LogP contribution >= 0.6 is 12.2 Å². The number of nitrogens with one attached hydrogen (secondary N) is 1. The van der Waals surface area contributed by atoms with Gasteiger partial charge in [-0.25, -0.2) is 4.39 Å². The van der Waals surface area contributed by atoms with Crippen molar-refractivity contribution >= 4 is 24.0 Å². The van der Waals surface area contributed by atoms with Gasteiger partial charge in [0.2, 0.25) is 11.8 Å². The molecule has 0 radical (unpaired) electrons. The minimum absolute atomic E-state index is 0.0255. The molecule has 3 aromatic rings. The zero-order chi connectivity index (χ0) is 22.7. The lowest BCUT2D eigenvalue weighted by Gasteiger charge is -2.35. The van der Waals surface area contributed by atoms with E-state index in [0.717, 1.165) is 16.7 Å². The van der Waals surface area contributed by atoms with Crippen molar-refractivity contribution in [2.45, 2.75) is 19.9 Å². The molecule has 4 rings (SSSR count). The van der Waals surface area contributed by atoms with Gasteiger partial charge in [0.1, 0.15) is 12.4 Å². The Morgan fingerprint density at radius 1 is 0.969 bits per heavy atom. The average Bonchev–Trinajstić information content (AvgIpc) is 3.16. The number of H-pyrrole nitrogens is 1. The normalized spacial score (nSPS) is 13.9. The van der Waals surface area contributed by atoms with Gasteiger partial charge in [-0.1, -0.05) is 42.0 Å². The van der Waals surface area contributed by atoms with Crippen LogP contribution in [-0.4, -0.2) is 62.6 Å². The van der Waals surface area contributed by atoms with Crippen LogP contribution in [0.15, 0.2) is 48.5 Å². The van der Waals surface area contributed by atoms with Crippen LogP contribution in [0.25, 0.3) is 11.4 Å². The SMILES string of the molecule is Cc1ccc(-c2n[nH]c(=S)n2CC(=O)N2CCN(C(=O)Cc3ccc(F)cc3)CC2)cc1. The molecule has 1 aromatic heterocycles. The second kappa shape index (κ2) is 9.44. The number of benzene rings is 2. The molecule has 1 N–H and O–H groups in total. The lowest BCUT2D eigenvalue weighted by atomic mass is 10.1. The van der Waals surface area contributed by atoms with Crippen LogP contribution < -0.4 is 0 Å². The van der Waals surface area contributed by atoms with Gasteiger partial charge in [0.05, 0.1) is 6.42 Å². The Balaban J connectivity index is 1.36. The number of halogens is 1. The van der Waals surface area contributed by atoms with E-state index in [1.54, 1.807) is 26.5 Å². The topological polar surface area (TPSA) is 74.2 Å². The van der Waals surface area contributed by atoms with Gasteiger partial charge >= 0.3 is 0 Å². The molecule has 32 heavy (non-hydrogen) atoms. The van der Waals surface area contributed by atoms with E-state index in [1.807, 2.05) is 31.2 Å². The summed E-state index contributed by atoms with van der Waals surface area (Å²) in [6.45, 7) is 3.94. The van der Waals surface area contributed by atoms with Crippen molar-refractivity contribution in [3.05, 3.63) is 70.2 Å². The molecule has 2 amide bonds. The maximum absolute atomic E-state index is 13.0. The number of carbonyl (C=O) groups is 2. The van der Waals surface area contributed by atoms with Crippen molar-refractivity contribution in [1.29, 1.82) is 0 Å². The Morgan fingerprint density at radius 2 is 1.56 bits per heavy atom. The van der Waals surface area contributed by atoms with Crippen molar-refractivity contribution in [1.82, 2.24) is 24.6 Å². The van der Waals surface area contributed by atoms with Gasteiger partial charge in [-0.05, 0) is 36.8 Å². The summed E-state index contributed by atoms with van der Waals surface area (Å²) in [5, 5.41) is 7.07. The van der Waals surface area contributed by atoms with E-state index in [2.05, 4.69) is 10.2 Å². The van der Waals surface area contributed by atoms with Gasteiger partial charge in [-0.3, -0.25) is 19.3 Å². The molecule has 0 saturated carbocycles. The third kappa shape index (κ3) is 4.94. The first-order valence-corrected chi connectivity index (χ1v) is 10.8. The summed E-state index contributed by atoms with van der Waals surface area (Å²) in [6, 6.07) is 13.8. The number of aromatic amines is 1. The monoisotopic (exact) mass is 453 g/mol. The number of amides is 2. The largest absolute Gasteiger partial charge is 0.339 e. The molecule has 0 atom stereocenters. The van der Waals surface area contributed by atoms with E-state index in [1.165, 1.54) is 12.1 Å². The number of nitrogens with zero attached hydrogens (tertiary/aromatic N) is 4. The molecule has 0 aliphatic carbocycles. The van der Waals surface area contributed by atoms with Crippen molar-refractivity contribution in [3.8, 4) is 11.4 Å². The minimum atomic E-state index is -0.323. The second-order valence-corrected chi connectivity index (χ2v) is 8.26. The number of aromatic nitrogens is 3. The van der Waals surface area contributed by atoms with Crippen LogP contribution in [0.3, 0.4) is 0 Å². The van der Waals surface area contributed by atoms with E-state index in [-0.39, 0.29) is 30.6 Å². The average molecular weight is 454 g/mol. The van der Waals surface area contributed by atoms with Crippen LogP contribution in [-0.2, 0) is 22.6 Å². The van der Waals surface area contributed by atoms with E-state index in [4.69, 9.17) is 12.2 Å². The first-order chi connectivity index (χ1) is 15.4. The highest BCUT2D eigenvalue weighted by molar-refractivity contribution is 7.71. The molecule has 7 nitrogen and oxygen atoms in total. The van der Waals surface area contributed by atoms with Crippen LogP contribution in [0.2, 0.25) is 0 Å². The molecule has 1 saturated heterocycles. The van der Waals surface area contributed by atoms with E-state index in [9.17, 15) is 14.0 Å². The Labute approximate surface area is 190 Å². The Morgan fingerprint density at radius 3 is 2.19 bits per heavy atom. The zero-order valence-electron chi connectivity index (χ0n) is 17.8. The third-order valence-electron chi connectivity index (χ3n) is 5.62. The molecule has 166 valence electrons. The Bertz CT molecular complexity index is 1160. The van der Waals surface area contributed by atoms with Crippen LogP contribution in [0, 0.1) is 17.5 Å². The van der Waals surface area contributed by atoms with Gasteiger partial charge in [0, 0.05) is 31.7 Å². The van der Waals surface area contributed by atoms with Crippen molar-refractivity contribution in [2.24, 2.45) is 0 Å². The summed E-state index contributed by atoms with van der Waals surface area (Å²) in [5.41, 5.74) is 2.79. The number of piperazine rings is 1. The molecule has 1 aliphatic rings. The summed E-state index contributed by atoms with van der Waals surface area (Å²) < 4.78 is 15.1. The number of aryl methyl sites for hydroxylation is 1. The van der Waals surface area contributed by atoms with E-state index in [0.29, 0.717) is 36.8 Å². The fourth-order valence-electron chi connectivity index (χ4n) is 3.72. The van der Waals surface area contributed by atoms with Gasteiger partial charge in [-0.2, -0.15) is 5.10 Å². The second-order valence-electron chi connectivity index (χ2n) is 7.87. The molecule has 9 heteroatoms. The highest BCUT2D eigenvalue weighted by Crippen LogP contribution is 2.18. The molecule has 1 aliphatic heterocycles. The first-order valence-electron chi connectivity index (χ1n) is 10.4. The zero-order valence-corrected chi connectivity index (χ0v) is 18.6. The lowest BCUT2D eigenvalue weighted by molar-refractivity contribution is -0.139. The molecule has 2 aromatic carbocycles. The molecule has 0 spiro atoms. The summed E-state index contributed by atoms with van der Waals surface area (Å²) in [5.74, 6) is 0.206. The van der Waals surface area contributed by atoms with Crippen molar-refractivity contribution < 1.29 is 14.0 Å². The summed E-state index contributed by atoms with van der Waals surface area (Å²) in [7, 11) is 0. The summed E-state index contributed by atoms with van der Waals surface area (Å²) in [6.07, 6.45) is 0.221.